The first-order valence-corrected chi connectivity index (χ1v) is 22.9. The third-order valence-corrected chi connectivity index (χ3v) is 13.1. The number of phosphoric ester groups is 1. The Morgan fingerprint density at radius 1 is 1.08 bits per heavy atom. The van der Waals surface area contributed by atoms with Gasteiger partial charge in [-0.2, -0.15) is 5.11 Å². The van der Waals surface area contributed by atoms with Crippen LogP contribution in [0.1, 0.15) is 63.0 Å². The fourth-order valence-corrected chi connectivity index (χ4v) is 9.53. The summed E-state index contributed by atoms with van der Waals surface area (Å²) in [6.07, 6.45) is 2.20. The number of nitrogens with zero attached hydrogens (tertiary/aromatic N) is 4. The first-order chi connectivity index (χ1) is 28.5. The number of methoxy groups -OCH3 is 1. The van der Waals surface area contributed by atoms with Gasteiger partial charge in [-0.1, -0.05) is 35.9 Å². The van der Waals surface area contributed by atoms with Gasteiger partial charge >= 0.3 is 5.69 Å². The molecule has 0 radical (unpaired) electrons. The van der Waals surface area contributed by atoms with Crippen LogP contribution >= 0.6 is 23.5 Å². The Bertz CT molecular complexity index is 2460. The smallest absolute Gasteiger partial charge is 0.330 e. The lowest BCUT2D eigenvalue weighted by Crippen LogP contribution is -2.45. The highest BCUT2D eigenvalue weighted by molar-refractivity contribution is 7.65. The third kappa shape index (κ3) is 13.1. The molecule has 3 heterocycles. The molecule has 1 fully saturated rings. The molecular formula is C36H44N6O16P3-3. The number of amides is 1. The summed E-state index contributed by atoms with van der Waals surface area (Å²) >= 11 is 0. The number of aromatic amines is 1. The van der Waals surface area contributed by atoms with Crippen molar-refractivity contribution < 1.29 is 65.8 Å². The van der Waals surface area contributed by atoms with Gasteiger partial charge in [0.25, 0.3) is 29.0 Å². The van der Waals surface area contributed by atoms with Crippen molar-refractivity contribution in [1.82, 2.24) is 14.9 Å². The number of aromatic nitrogens is 2. The maximum Gasteiger partial charge on any atom is 0.330 e. The lowest BCUT2D eigenvalue weighted by molar-refractivity contribution is -0.250. The molecule has 22 nitrogen and oxygen atoms in total. The molecule has 6 atom stereocenters. The van der Waals surface area contributed by atoms with Gasteiger partial charge in [-0.25, -0.2) is 13.4 Å². The Kier molecular flexibility index (Phi) is 15.1. The Morgan fingerprint density at radius 3 is 2.46 bits per heavy atom. The van der Waals surface area contributed by atoms with Gasteiger partial charge in [0, 0.05) is 49.4 Å². The Balaban J connectivity index is 1.15. The molecule has 1 saturated heterocycles. The number of aliphatic hydroxyl groups is 1. The lowest BCUT2D eigenvalue weighted by atomic mass is 9.88. The number of allylic oxidation sites excluding steroid dienone is 1. The lowest BCUT2D eigenvalue weighted by Gasteiger charge is -2.43. The fraction of sp³-hybridized carbons (Fsp3) is 0.417. The van der Waals surface area contributed by atoms with Crippen LogP contribution in [0, 0.1) is 6.92 Å². The largest absolute Gasteiger partial charge is 0.756 e. The molecule has 1 aromatic heterocycles. The number of phosphoric acid groups is 3. The summed E-state index contributed by atoms with van der Waals surface area (Å²) in [5.41, 5.74) is 3.18. The molecule has 4 N–H and O–H groups in total. The highest BCUT2D eigenvalue weighted by Crippen LogP contribution is 2.61. The van der Waals surface area contributed by atoms with Crippen LogP contribution in [0.4, 0.5) is 17.1 Å². The van der Waals surface area contributed by atoms with Crippen LogP contribution in [0.5, 0.6) is 5.75 Å². The predicted molar refractivity (Wildman–Crippen MR) is 214 cm³/mol. The van der Waals surface area contributed by atoms with Gasteiger partial charge in [-0.3, -0.25) is 32.8 Å². The molecule has 2 aromatic carbocycles. The fourth-order valence-electron chi connectivity index (χ4n) is 6.63. The number of nitrogens with one attached hydrogen (secondary N) is 2. The minimum atomic E-state index is -6.15. The van der Waals surface area contributed by atoms with Crippen LogP contribution in [-0.2, 0) is 36.4 Å². The van der Waals surface area contributed by atoms with E-state index >= 15 is 0 Å². The number of hydrogen-bond donors (Lipinski definition) is 4. The number of aryl methyl sites for hydroxylation is 1. The molecule has 0 aliphatic carbocycles. The van der Waals surface area contributed by atoms with E-state index in [0.29, 0.717) is 30.1 Å². The zero-order chi connectivity index (χ0) is 44.9. The van der Waals surface area contributed by atoms with Crippen molar-refractivity contribution in [3.8, 4) is 5.75 Å². The van der Waals surface area contributed by atoms with Gasteiger partial charge in [-0.05, 0) is 57.9 Å². The Labute approximate surface area is 349 Å². The molecule has 0 saturated carbocycles. The van der Waals surface area contributed by atoms with Gasteiger partial charge in [0.2, 0.25) is 5.91 Å². The summed E-state index contributed by atoms with van der Waals surface area (Å²) in [4.78, 5) is 84.8. The molecule has 2 aliphatic rings. The highest BCUT2D eigenvalue weighted by atomic mass is 31.3. The predicted octanol–water partition coefficient (Wildman–Crippen LogP) is 2.98. The topological polar surface area (TPSA) is 319 Å². The number of benzene rings is 2. The van der Waals surface area contributed by atoms with Gasteiger partial charge in [0.15, 0.2) is 0 Å². The maximum absolute atomic E-state index is 12.9. The van der Waals surface area contributed by atoms with Crippen molar-refractivity contribution >= 4 is 58.1 Å². The molecule has 25 heteroatoms. The molecule has 5 rings (SSSR count). The first-order valence-electron chi connectivity index (χ1n) is 18.5. The first kappa shape index (κ1) is 47.6. The molecule has 332 valence electrons. The average molecular weight is 910 g/mol. The summed E-state index contributed by atoms with van der Waals surface area (Å²) in [6.45, 7) is 7.68. The van der Waals surface area contributed by atoms with Crippen molar-refractivity contribution in [2.45, 2.75) is 70.9 Å². The van der Waals surface area contributed by atoms with E-state index in [9.17, 15) is 47.9 Å². The average Bonchev–Trinajstić information content (AvgIpc) is 3.52. The molecule has 61 heavy (non-hydrogen) atoms. The zero-order valence-electron chi connectivity index (χ0n) is 33.5. The number of hydrogen-bond acceptors (Lipinski definition) is 18. The molecule has 0 bridgehead atoms. The van der Waals surface area contributed by atoms with E-state index in [1.807, 2.05) is 50.2 Å². The Hall–Kier alpha value is -4.40. The van der Waals surface area contributed by atoms with E-state index in [1.54, 1.807) is 7.11 Å². The summed E-state index contributed by atoms with van der Waals surface area (Å²) in [5, 5.41) is 22.0. The second-order valence-electron chi connectivity index (χ2n) is 14.5. The Morgan fingerprint density at radius 2 is 1.79 bits per heavy atom. The summed E-state index contributed by atoms with van der Waals surface area (Å²) in [5.74, 6) is 0.289. The van der Waals surface area contributed by atoms with E-state index in [1.165, 1.54) is 12.2 Å². The summed E-state index contributed by atoms with van der Waals surface area (Å²) < 4.78 is 57.2. The van der Waals surface area contributed by atoms with Crippen molar-refractivity contribution in [2.75, 3.05) is 31.7 Å². The number of carbonyl (C=O) groups excluding carboxylic acids is 1. The number of rotatable bonds is 18. The molecule has 3 aromatic rings. The molecule has 1 amide bonds. The molecular weight excluding hydrogens is 865 g/mol. The number of anilines is 1. The number of ether oxygens (including phenoxy) is 2. The number of aliphatic hydroxyl groups excluding tert-OH is 1. The van der Waals surface area contributed by atoms with Crippen molar-refractivity contribution in [2.24, 2.45) is 10.2 Å². The van der Waals surface area contributed by atoms with E-state index in [4.69, 9.17) is 14.4 Å². The van der Waals surface area contributed by atoms with Gasteiger partial charge in [0.1, 0.15) is 23.8 Å². The van der Waals surface area contributed by atoms with E-state index in [0.717, 1.165) is 33.2 Å². The van der Waals surface area contributed by atoms with Gasteiger partial charge in [-0.15, -0.1) is 5.11 Å². The minimum Gasteiger partial charge on any atom is -0.756 e. The standard InChI is InChI=1S/C36H47N6O16P3/c1-22-10-12-25(13-11-22)39-40-27-16-26-23(2)19-36(3,4)42(28(26)17-30(27)54-5)15-7-9-32(44)37-14-6-8-24-20-41(35(46)38-34(24)45)33-18-29(43)31(56-33)21-55-60(50,51)58-61(52,53)57-59(47,48)49/h6,8,10-13,16-17,19-20,29,31,33,43H,7,9,14-15,18,21H2,1-5H3,(H,37,44)(H,50,51)(H,52,53)(H,38,45,46)(H2,47,48,49)/p-3/b8-6+,40-39?/t29-,31+,33+/m0/s1. The number of azo groups is 1. The zero-order valence-corrected chi connectivity index (χ0v) is 36.2. The quantitative estimate of drug-likeness (QED) is 0.105. The van der Waals surface area contributed by atoms with Crippen molar-refractivity contribution in [3.05, 3.63) is 92.3 Å². The van der Waals surface area contributed by atoms with Crippen molar-refractivity contribution in [3.63, 3.8) is 0 Å². The summed E-state index contributed by atoms with van der Waals surface area (Å²) in [7, 11) is -16.4. The SMILES string of the molecule is COc1cc2c(cc1N=Nc1ccc(C)cc1)C(C)=CC(C)(C)N2CCCC(=O)NC/C=C/c1cn([C@H]2C[C@H](O)[C@@H](COP(=O)([O-])OP(=O)([O-])OP(=O)([O-])O)O2)c(=O)[nH]c1=O. The van der Waals surface area contributed by atoms with Crippen LogP contribution in [0.25, 0.3) is 11.6 Å². The molecule has 0 spiro atoms. The molecule has 2 aliphatic heterocycles. The van der Waals surface area contributed by atoms with E-state index in [2.05, 4.69) is 58.5 Å². The van der Waals surface area contributed by atoms with E-state index < -0.39 is 59.8 Å². The van der Waals surface area contributed by atoms with Crippen molar-refractivity contribution in [1.29, 1.82) is 0 Å². The van der Waals surface area contributed by atoms with Crippen LogP contribution in [0.3, 0.4) is 0 Å². The number of H-pyrrole nitrogens is 1. The van der Waals surface area contributed by atoms with Crippen LogP contribution in [0.15, 0.2) is 74.6 Å². The highest BCUT2D eigenvalue weighted by Gasteiger charge is 2.37. The minimum absolute atomic E-state index is 0.0237. The number of fused-ring (bicyclic) bond motifs is 1. The van der Waals surface area contributed by atoms with E-state index in [-0.39, 0.29) is 36.4 Å². The van der Waals surface area contributed by atoms with Crippen LogP contribution in [0.2, 0.25) is 0 Å². The number of carbonyl (C=O) groups is 1. The van der Waals surface area contributed by atoms with Crippen LogP contribution in [-0.4, -0.2) is 70.0 Å². The monoisotopic (exact) mass is 909 g/mol. The normalized spacial score (nSPS) is 21.7. The second kappa shape index (κ2) is 19.3. The molecule has 3 unspecified atom stereocenters. The van der Waals surface area contributed by atoms with Crippen LogP contribution < -0.4 is 40.9 Å². The summed E-state index contributed by atoms with van der Waals surface area (Å²) in [6, 6.07) is 11.6. The van der Waals surface area contributed by atoms with Gasteiger partial charge in [0.05, 0.1) is 36.6 Å². The van der Waals surface area contributed by atoms with Gasteiger partial charge < -0.3 is 48.9 Å². The maximum atomic E-state index is 12.9. The third-order valence-electron chi connectivity index (χ3n) is 9.40. The second-order valence-corrected chi connectivity index (χ2v) is 18.8.